The topological polar surface area (TPSA) is 25.8 Å². The lowest BCUT2D eigenvalue weighted by Gasteiger charge is -2.07. The SMILES string of the molecule is Ic1cc(-c2cccnc2)cc(-c2cccnc2)c1. The molecule has 0 saturated carbocycles. The molecular formula is C16H11IN2. The van der Waals surface area contributed by atoms with E-state index in [1.54, 1.807) is 12.4 Å². The van der Waals surface area contributed by atoms with E-state index >= 15 is 0 Å². The Hall–Kier alpha value is -1.75. The average Bonchev–Trinajstić information content (AvgIpc) is 2.48. The van der Waals surface area contributed by atoms with E-state index in [-0.39, 0.29) is 0 Å². The molecular weight excluding hydrogens is 347 g/mol. The normalized spacial score (nSPS) is 10.4. The van der Waals surface area contributed by atoms with Crippen molar-refractivity contribution in [1.82, 2.24) is 9.97 Å². The molecule has 19 heavy (non-hydrogen) atoms. The number of halogens is 1. The smallest absolute Gasteiger partial charge is 0.0346 e. The van der Waals surface area contributed by atoms with E-state index in [1.807, 2.05) is 24.5 Å². The summed E-state index contributed by atoms with van der Waals surface area (Å²) in [6.07, 6.45) is 7.36. The largest absolute Gasteiger partial charge is 0.264 e. The number of hydrogen-bond donors (Lipinski definition) is 0. The molecule has 2 nitrogen and oxygen atoms in total. The van der Waals surface area contributed by atoms with E-state index in [4.69, 9.17) is 0 Å². The number of hydrogen-bond acceptors (Lipinski definition) is 2. The molecule has 3 rings (SSSR count). The standard InChI is InChI=1S/C16H11IN2/c17-16-8-14(12-3-1-5-18-10-12)7-15(9-16)13-4-2-6-19-11-13/h1-11H. The lowest BCUT2D eigenvalue weighted by atomic mass is 10.0. The minimum Gasteiger partial charge on any atom is -0.264 e. The molecule has 0 saturated heterocycles. The summed E-state index contributed by atoms with van der Waals surface area (Å²) in [5, 5.41) is 0. The summed E-state index contributed by atoms with van der Waals surface area (Å²) >= 11 is 2.34. The van der Waals surface area contributed by atoms with Crippen LogP contribution in [0.25, 0.3) is 22.3 Å². The maximum Gasteiger partial charge on any atom is 0.0346 e. The van der Waals surface area contributed by atoms with Crippen LogP contribution in [0.2, 0.25) is 0 Å². The Morgan fingerprint density at radius 2 is 1.21 bits per heavy atom. The third-order valence-corrected chi connectivity index (χ3v) is 3.51. The first kappa shape index (κ1) is 12.3. The summed E-state index contributed by atoms with van der Waals surface area (Å²) in [7, 11) is 0. The van der Waals surface area contributed by atoms with Crippen LogP contribution >= 0.6 is 22.6 Å². The van der Waals surface area contributed by atoms with E-state index in [0.717, 1.165) is 11.1 Å². The van der Waals surface area contributed by atoms with Gasteiger partial charge in [0.05, 0.1) is 0 Å². The summed E-state index contributed by atoms with van der Waals surface area (Å²) < 4.78 is 1.21. The van der Waals surface area contributed by atoms with Crippen molar-refractivity contribution in [3.05, 3.63) is 70.8 Å². The molecule has 0 aliphatic rings. The van der Waals surface area contributed by atoms with Crippen LogP contribution in [-0.4, -0.2) is 9.97 Å². The average molecular weight is 358 g/mol. The Balaban J connectivity index is 2.12. The molecule has 0 aliphatic carbocycles. The second-order valence-electron chi connectivity index (χ2n) is 4.21. The van der Waals surface area contributed by atoms with E-state index in [2.05, 4.69) is 62.9 Å². The number of aromatic nitrogens is 2. The second kappa shape index (κ2) is 5.48. The van der Waals surface area contributed by atoms with Crippen LogP contribution in [0.15, 0.2) is 67.3 Å². The molecule has 0 amide bonds. The minimum atomic E-state index is 1.13. The summed E-state index contributed by atoms with van der Waals surface area (Å²) in [5.74, 6) is 0. The zero-order chi connectivity index (χ0) is 13.1. The van der Waals surface area contributed by atoms with Crippen LogP contribution in [-0.2, 0) is 0 Å². The Morgan fingerprint density at radius 1 is 0.684 bits per heavy atom. The molecule has 0 atom stereocenters. The van der Waals surface area contributed by atoms with Gasteiger partial charge in [-0.15, -0.1) is 0 Å². The van der Waals surface area contributed by atoms with Crippen LogP contribution in [0.3, 0.4) is 0 Å². The van der Waals surface area contributed by atoms with Crippen molar-refractivity contribution in [3.8, 4) is 22.3 Å². The Bertz CT molecular complexity index is 624. The van der Waals surface area contributed by atoms with Crippen LogP contribution < -0.4 is 0 Å². The molecule has 2 aromatic heterocycles. The fourth-order valence-corrected chi connectivity index (χ4v) is 2.66. The van der Waals surface area contributed by atoms with Gasteiger partial charge in [0.25, 0.3) is 0 Å². The third-order valence-electron chi connectivity index (χ3n) is 2.89. The predicted molar refractivity (Wildman–Crippen MR) is 85.6 cm³/mol. The lowest BCUT2D eigenvalue weighted by molar-refractivity contribution is 1.32. The van der Waals surface area contributed by atoms with Crippen LogP contribution in [0.5, 0.6) is 0 Å². The van der Waals surface area contributed by atoms with E-state index in [0.29, 0.717) is 0 Å². The molecule has 0 bridgehead atoms. The first-order valence-corrected chi connectivity index (χ1v) is 7.02. The second-order valence-corrected chi connectivity index (χ2v) is 5.46. The van der Waals surface area contributed by atoms with Gasteiger partial charge in [-0.3, -0.25) is 9.97 Å². The van der Waals surface area contributed by atoms with Gasteiger partial charge in [0.15, 0.2) is 0 Å². The molecule has 3 aromatic rings. The van der Waals surface area contributed by atoms with Crippen molar-refractivity contribution < 1.29 is 0 Å². The summed E-state index contributed by atoms with van der Waals surface area (Å²) in [6, 6.07) is 14.6. The quantitative estimate of drug-likeness (QED) is 0.634. The Labute approximate surface area is 125 Å². The van der Waals surface area contributed by atoms with Gasteiger partial charge >= 0.3 is 0 Å². The fourth-order valence-electron chi connectivity index (χ4n) is 1.99. The summed E-state index contributed by atoms with van der Waals surface area (Å²) in [5.41, 5.74) is 4.62. The molecule has 0 spiro atoms. The van der Waals surface area contributed by atoms with E-state index in [1.165, 1.54) is 14.7 Å². The van der Waals surface area contributed by atoms with Crippen LogP contribution in [0, 0.1) is 3.57 Å². The maximum atomic E-state index is 4.18. The Kier molecular flexibility index (Phi) is 3.55. The molecule has 0 aliphatic heterocycles. The summed E-state index contributed by atoms with van der Waals surface area (Å²) in [4.78, 5) is 8.36. The number of pyridine rings is 2. The minimum absolute atomic E-state index is 1.13. The van der Waals surface area contributed by atoms with Gasteiger partial charge in [-0.05, 0) is 64.0 Å². The first-order chi connectivity index (χ1) is 9.33. The van der Waals surface area contributed by atoms with Crippen LogP contribution in [0.4, 0.5) is 0 Å². The van der Waals surface area contributed by atoms with Crippen molar-refractivity contribution in [1.29, 1.82) is 0 Å². The van der Waals surface area contributed by atoms with Gasteiger partial charge < -0.3 is 0 Å². The van der Waals surface area contributed by atoms with Crippen molar-refractivity contribution in [2.45, 2.75) is 0 Å². The molecule has 3 heteroatoms. The van der Waals surface area contributed by atoms with Gasteiger partial charge in [0, 0.05) is 39.5 Å². The van der Waals surface area contributed by atoms with Crippen LogP contribution in [0.1, 0.15) is 0 Å². The monoisotopic (exact) mass is 358 g/mol. The van der Waals surface area contributed by atoms with Gasteiger partial charge in [0.1, 0.15) is 0 Å². The lowest BCUT2D eigenvalue weighted by Crippen LogP contribution is -1.85. The van der Waals surface area contributed by atoms with Crippen molar-refractivity contribution in [2.75, 3.05) is 0 Å². The molecule has 0 unspecified atom stereocenters. The van der Waals surface area contributed by atoms with Gasteiger partial charge in [0.2, 0.25) is 0 Å². The first-order valence-electron chi connectivity index (χ1n) is 5.94. The zero-order valence-corrected chi connectivity index (χ0v) is 12.3. The number of nitrogens with zero attached hydrogens (tertiary/aromatic N) is 2. The molecule has 0 fully saturated rings. The maximum absolute atomic E-state index is 4.18. The van der Waals surface area contributed by atoms with Gasteiger partial charge in [-0.1, -0.05) is 12.1 Å². The molecule has 0 N–H and O–H groups in total. The van der Waals surface area contributed by atoms with Crippen molar-refractivity contribution in [2.24, 2.45) is 0 Å². The highest BCUT2D eigenvalue weighted by atomic mass is 127. The van der Waals surface area contributed by atoms with Crippen molar-refractivity contribution >= 4 is 22.6 Å². The van der Waals surface area contributed by atoms with Gasteiger partial charge in [-0.2, -0.15) is 0 Å². The predicted octanol–water partition coefficient (Wildman–Crippen LogP) is 4.42. The van der Waals surface area contributed by atoms with Gasteiger partial charge in [-0.25, -0.2) is 0 Å². The van der Waals surface area contributed by atoms with E-state index in [9.17, 15) is 0 Å². The fraction of sp³-hybridized carbons (Fsp3) is 0. The Morgan fingerprint density at radius 3 is 1.63 bits per heavy atom. The number of rotatable bonds is 2. The molecule has 92 valence electrons. The van der Waals surface area contributed by atoms with Crippen molar-refractivity contribution in [3.63, 3.8) is 0 Å². The molecule has 1 aromatic carbocycles. The zero-order valence-electron chi connectivity index (χ0n) is 10.1. The highest BCUT2D eigenvalue weighted by Gasteiger charge is 2.04. The third kappa shape index (κ3) is 2.81. The molecule has 2 heterocycles. The summed E-state index contributed by atoms with van der Waals surface area (Å²) in [6.45, 7) is 0. The molecule has 0 radical (unpaired) electrons. The number of benzene rings is 1. The van der Waals surface area contributed by atoms with E-state index < -0.39 is 0 Å². The highest BCUT2D eigenvalue weighted by Crippen LogP contribution is 2.28. The highest BCUT2D eigenvalue weighted by molar-refractivity contribution is 14.1.